The van der Waals surface area contributed by atoms with Crippen molar-refractivity contribution in [2.75, 3.05) is 20.2 Å². The lowest BCUT2D eigenvalue weighted by molar-refractivity contribution is -0.142. The van der Waals surface area contributed by atoms with Crippen molar-refractivity contribution in [2.45, 2.75) is 53.5 Å². The molecule has 0 spiro atoms. The second kappa shape index (κ2) is 7.08. The maximum absolute atomic E-state index is 11.5. The van der Waals surface area contributed by atoms with E-state index in [1.807, 2.05) is 0 Å². The van der Waals surface area contributed by atoms with E-state index in [0.29, 0.717) is 6.54 Å². The number of nitrogens with zero attached hydrogens (tertiary/aromatic N) is 1. The van der Waals surface area contributed by atoms with Gasteiger partial charge in [0.05, 0.1) is 13.7 Å². The Morgan fingerprint density at radius 3 is 2.10 bits per heavy atom. The first-order valence-corrected chi connectivity index (χ1v) is 7.58. The van der Waals surface area contributed by atoms with Gasteiger partial charge in [-0.05, 0) is 48.1 Å². The number of carbonyl (C=O) groups is 1. The van der Waals surface area contributed by atoms with Crippen LogP contribution in [0.4, 0.5) is 0 Å². The van der Waals surface area contributed by atoms with Crippen LogP contribution >= 0.6 is 0 Å². The van der Waals surface area contributed by atoms with Gasteiger partial charge >= 0.3 is 5.97 Å². The van der Waals surface area contributed by atoms with Crippen molar-refractivity contribution in [2.24, 2.45) is 0 Å². The minimum atomic E-state index is -0.182. The van der Waals surface area contributed by atoms with Gasteiger partial charge in [-0.25, -0.2) is 0 Å². The summed E-state index contributed by atoms with van der Waals surface area (Å²) in [5.74, 6) is -0.182. The van der Waals surface area contributed by atoms with Crippen LogP contribution < -0.4 is 0 Å². The Labute approximate surface area is 129 Å². The number of hydrogen-bond donors (Lipinski definition) is 0. The molecule has 3 nitrogen and oxygen atoms in total. The topological polar surface area (TPSA) is 29.5 Å². The Bertz CT molecular complexity index is 477. The number of rotatable bonds is 5. The highest BCUT2D eigenvalue weighted by atomic mass is 16.5. The standard InChI is InChI=1S/C18H29NO2/c1-8-19(12-17(20)21-7)11-16-13(2)9-15(10-14(16)3)18(4,5)6/h9-10H,8,11-12H2,1-7H3. The summed E-state index contributed by atoms with van der Waals surface area (Å²) in [6.07, 6.45) is 0. The molecule has 0 unspecified atom stereocenters. The third kappa shape index (κ3) is 4.85. The summed E-state index contributed by atoms with van der Waals surface area (Å²) in [6, 6.07) is 4.54. The smallest absolute Gasteiger partial charge is 0.319 e. The molecule has 0 fully saturated rings. The molecular weight excluding hydrogens is 262 g/mol. The molecule has 0 saturated carbocycles. The zero-order valence-electron chi connectivity index (χ0n) is 14.5. The van der Waals surface area contributed by atoms with Crippen LogP contribution in [0.15, 0.2) is 12.1 Å². The maximum atomic E-state index is 11.5. The van der Waals surface area contributed by atoms with Crippen molar-refractivity contribution < 1.29 is 9.53 Å². The molecule has 0 radical (unpaired) electrons. The van der Waals surface area contributed by atoms with Crippen LogP contribution in [0, 0.1) is 13.8 Å². The quantitative estimate of drug-likeness (QED) is 0.776. The molecule has 0 aliphatic heterocycles. The van der Waals surface area contributed by atoms with Crippen molar-refractivity contribution >= 4 is 5.97 Å². The summed E-state index contributed by atoms with van der Waals surface area (Å²) in [5, 5.41) is 0. The van der Waals surface area contributed by atoms with E-state index < -0.39 is 0 Å². The average molecular weight is 291 g/mol. The van der Waals surface area contributed by atoms with Gasteiger partial charge < -0.3 is 4.74 Å². The van der Waals surface area contributed by atoms with E-state index in [1.165, 1.54) is 29.4 Å². The first kappa shape index (κ1) is 17.7. The number of methoxy groups -OCH3 is 1. The first-order chi connectivity index (χ1) is 9.68. The molecule has 0 aromatic heterocycles. The summed E-state index contributed by atoms with van der Waals surface area (Å²) in [5.41, 5.74) is 5.42. The molecule has 0 amide bonds. The SMILES string of the molecule is CCN(CC(=O)OC)Cc1c(C)cc(C(C)(C)C)cc1C. The molecule has 0 aliphatic carbocycles. The lowest BCUT2D eigenvalue weighted by Gasteiger charge is -2.25. The molecule has 1 aromatic carbocycles. The fraction of sp³-hybridized carbons (Fsp3) is 0.611. The zero-order chi connectivity index (χ0) is 16.2. The van der Waals surface area contributed by atoms with Crippen molar-refractivity contribution in [3.8, 4) is 0 Å². The van der Waals surface area contributed by atoms with E-state index >= 15 is 0 Å². The van der Waals surface area contributed by atoms with Gasteiger partial charge in [-0.2, -0.15) is 0 Å². The van der Waals surface area contributed by atoms with Gasteiger partial charge in [0.1, 0.15) is 0 Å². The van der Waals surface area contributed by atoms with Crippen LogP contribution in [0.3, 0.4) is 0 Å². The van der Waals surface area contributed by atoms with E-state index in [2.05, 4.69) is 58.6 Å². The molecule has 0 bridgehead atoms. The Morgan fingerprint density at radius 2 is 1.71 bits per heavy atom. The Balaban J connectivity index is 3.00. The first-order valence-electron chi connectivity index (χ1n) is 7.58. The molecule has 1 rings (SSSR count). The highest BCUT2D eigenvalue weighted by molar-refractivity contribution is 5.71. The third-order valence-electron chi connectivity index (χ3n) is 3.97. The van der Waals surface area contributed by atoms with E-state index in [4.69, 9.17) is 4.74 Å². The molecule has 1 aromatic rings. The number of ether oxygens (including phenoxy) is 1. The van der Waals surface area contributed by atoms with Crippen molar-refractivity contribution in [3.05, 3.63) is 34.4 Å². The summed E-state index contributed by atoms with van der Waals surface area (Å²) in [4.78, 5) is 13.6. The van der Waals surface area contributed by atoms with Crippen LogP contribution in [0.25, 0.3) is 0 Å². The fourth-order valence-electron chi connectivity index (χ4n) is 2.43. The Kier molecular flexibility index (Phi) is 5.97. The fourth-order valence-corrected chi connectivity index (χ4v) is 2.43. The normalized spacial score (nSPS) is 11.8. The van der Waals surface area contributed by atoms with E-state index in [9.17, 15) is 4.79 Å². The van der Waals surface area contributed by atoms with Crippen LogP contribution in [-0.4, -0.2) is 31.1 Å². The monoisotopic (exact) mass is 291 g/mol. The van der Waals surface area contributed by atoms with Gasteiger partial charge in [0.25, 0.3) is 0 Å². The molecule has 0 aliphatic rings. The molecule has 0 N–H and O–H groups in total. The predicted molar refractivity (Wildman–Crippen MR) is 87.6 cm³/mol. The van der Waals surface area contributed by atoms with E-state index in [1.54, 1.807) is 0 Å². The lowest BCUT2D eigenvalue weighted by Crippen LogP contribution is -2.30. The molecule has 0 atom stereocenters. The second-order valence-electron chi connectivity index (χ2n) is 6.72. The van der Waals surface area contributed by atoms with Gasteiger partial charge in [0.15, 0.2) is 0 Å². The number of carbonyl (C=O) groups excluding carboxylic acids is 1. The van der Waals surface area contributed by atoms with Crippen molar-refractivity contribution in [1.29, 1.82) is 0 Å². The third-order valence-corrected chi connectivity index (χ3v) is 3.97. The summed E-state index contributed by atoms with van der Waals surface area (Å²) < 4.78 is 4.76. The van der Waals surface area contributed by atoms with Crippen LogP contribution in [0.2, 0.25) is 0 Å². The highest BCUT2D eigenvalue weighted by Gasteiger charge is 2.18. The van der Waals surface area contributed by atoms with Gasteiger partial charge in [-0.3, -0.25) is 9.69 Å². The maximum Gasteiger partial charge on any atom is 0.319 e. The van der Waals surface area contributed by atoms with E-state index in [0.717, 1.165) is 13.1 Å². The summed E-state index contributed by atoms with van der Waals surface area (Å²) in [6.45, 7) is 15.0. The van der Waals surface area contributed by atoms with Crippen LogP contribution in [-0.2, 0) is 21.5 Å². The van der Waals surface area contributed by atoms with Crippen LogP contribution in [0.1, 0.15) is 49.9 Å². The zero-order valence-corrected chi connectivity index (χ0v) is 14.5. The van der Waals surface area contributed by atoms with Gasteiger partial charge in [-0.1, -0.05) is 39.8 Å². The van der Waals surface area contributed by atoms with Crippen LogP contribution in [0.5, 0.6) is 0 Å². The highest BCUT2D eigenvalue weighted by Crippen LogP contribution is 2.27. The van der Waals surface area contributed by atoms with Crippen molar-refractivity contribution in [1.82, 2.24) is 4.90 Å². The van der Waals surface area contributed by atoms with Gasteiger partial charge in [0, 0.05) is 6.54 Å². The molecule has 3 heteroatoms. The molecule has 21 heavy (non-hydrogen) atoms. The summed E-state index contributed by atoms with van der Waals surface area (Å²) >= 11 is 0. The Morgan fingerprint density at radius 1 is 1.19 bits per heavy atom. The number of aryl methyl sites for hydroxylation is 2. The second-order valence-corrected chi connectivity index (χ2v) is 6.72. The molecule has 118 valence electrons. The van der Waals surface area contributed by atoms with Gasteiger partial charge in [0.2, 0.25) is 0 Å². The minimum Gasteiger partial charge on any atom is -0.468 e. The number of esters is 1. The number of likely N-dealkylation sites (N-methyl/N-ethyl adjacent to an activating group) is 1. The minimum absolute atomic E-state index is 0.157. The summed E-state index contributed by atoms with van der Waals surface area (Å²) in [7, 11) is 1.44. The predicted octanol–water partition coefficient (Wildman–Crippen LogP) is 3.60. The number of benzene rings is 1. The van der Waals surface area contributed by atoms with E-state index in [-0.39, 0.29) is 11.4 Å². The average Bonchev–Trinajstić information content (AvgIpc) is 2.39. The van der Waals surface area contributed by atoms with Crippen molar-refractivity contribution in [3.63, 3.8) is 0 Å². The number of hydrogen-bond acceptors (Lipinski definition) is 3. The largest absolute Gasteiger partial charge is 0.468 e. The molecule has 0 saturated heterocycles. The molecule has 0 heterocycles. The Hall–Kier alpha value is -1.35. The molecular formula is C18H29NO2. The lowest BCUT2D eigenvalue weighted by atomic mass is 9.84. The van der Waals surface area contributed by atoms with Gasteiger partial charge in [-0.15, -0.1) is 0 Å².